The normalized spacial score (nSPS) is 11.6. The quantitative estimate of drug-likeness (QED) is 0.895. The van der Waals surface area contributed by atoms with Crippen molar-refractivity contribution < 1.29 is 5.11 Å². The maximum atomic E-state index is 9.83. The molecule has 0 radical (unpaired) electrons. The number of pyridine rings is 1. The molecule has 20 heavy (non-hydrogen) atoms. The number of aryl methyl sites for hydroxylation is 2. The lowest BCUT2D eigenvalue weighted by molar-refractivity contribution is 0.0714. The fraction of sp³-hybridized carbons (Fsp3) is 0.353. The van der Waals surface area contributed by atoms with E-state index in [0.29, 0.717) is 5.82 Å². The molecule has 0 bridgehead atoms. The van der Waals surface area contributed by atoms with Gasteiger partial charge < -0.3 is 10.8 Å². The van der Waals surface area contributed by atoms with Crippen LogP contribution in [0.25, 0.3) is 11.1 Å². The molecule has 0 saturated carbocycles. The lowest BCUT2D eigenvalue weighted by atomic mass is 9.94. The van der Waals surface area contributed by atoms with Crippen LogP contribution in [-0.2, 0) is 6.42 Å². The highest BCUT2D eigenvalue weighted by atomic mass is 16.3. The van der Waals surface area contributed by atoms with Crippen molar-refractivity contribution in [3.05, 3.63) is 47.7 Å². The zero-order valence-corrected chi connectivity index (χ0v) is 12.4. The summed E-state index contributed by atoms with van der Waals surface area (Å²) < 4.78 is 0. The van der Waals surface area contributed by atoms with Gasteiger partial charge in [0.2, 0.25) is 0 Å². The average molecular weight is 270 g/mol. The van der Waals surface area contributed by atoms with Gasteiger partial charge in [-0.15, -0.1) is 0 Å². The van der Waals surface area contributed by atoms with Gasteiger partial charge in [-0.05, 0) is 68.0 Å². The number of rotatable bonds is 4. The Morgan fingerprint density at radius 1 is 1.20 bits per heavy atom. The van der Waals surface area contributed by atoms with Gasteiger partial charge >= 0.3 is 0 Å². The van der Waals surface area contributed by atoms with Gasteiger partial charge in [0, 0.05) is 6.20 Å². The molecule has 2 aromatic rings. The van der Waals surface area contributed by atoms with Crippen molar-refractivity contribution in [1.29, 1.82) is 0 Å². The van der Waals surface area contributed by atoms with Gasteiger partial charge in [0.05, 0.1) is 5.60 Å². The second kappa shape index (κ2) is 5.63. The zero-order chi connectivity index (χ0) is 14.8. The summed E-state index contributed by atoms with van der Waals surface area (Å²) in [6.45, 7) is 5.77. The first kappa shape index (κ1) is 14.5. The third kappa shape index (κ3) is 3.81. The van der Waals surface area contributed by atoms with Crippen LogP contribution in [0, 0.1) is 6.92 Å². The van der Waals surface area contributed by atoms with Crippen molar-refractivity contribution in [1.82, 2.24) is 4.98 Å². The number of benzene rings is 1. The standard InChI is InChI=1S/C17H22N2O/c1-12-4-5-13(6-8-17(2,3)20)10-15(12)14-7-9-19-16(18)11-14/h4-5,7,9-11,20H,6,8H2,1-3H3,(H2,18,19). The average Bonchev–Trinajstić information content (AvgIpc) is 2.37. The summed E-state index contributed by atoms with van der Waals surface area (Å²) in [5, 5.41) is 9.83. The molecule has 0 amide bonds. The van der Waals surface area contributed by atoms with E-state index in [9.17, 15) is 5.11 Å². The first-order chi connectivity index (χ1) is 9.35. The lowest BCUT2D eigenvalue weighted by Gasteiger charge is -2.17. The second-order valence-electron chi connectivity index (χ2n) is 5.93. The first-order valence-corrected chi connectivity index (χ1v) is 6.89. The minimum absolute atomic E-state index is 0.531. The molecule has 0 aliphatic carbocycles. The predicted molar refractivity (Wildman–Crippen MR) is 83.4 cm³/mol. The number of hydrogen-bond acceptors (Lipinski definition) is 3. The SMILES string of the molecule is Cc1ccc(CCC(C)(C)O)cc1-c1ccnc(N)c1. The van der Waals surface area contributed by atoms with Crippen LogP contribution in [0.1, 0.15) is 31.4 Å². The summed E-state index contributed by atoms with van der Waals surface area (Å²) in [5.74, 6) is 0.531. The molecule has 0 saturated heterocycles. The van der Waals surface area contributed by atoms with Gasteiger partial charge in [0.25, 0.3) is 0 Å². The third-order valence-corrected chi connectivity index (χ3v) is 3.42. The number of anilines is 1. The number of hydrogen-bond donors (Lipinski definition) is 2. The molecule has 2 rings (SSSR count). The molecule has 1 aromatic heterocycles. The van der Waals surface area contributed by atoms with E-state index in [2.05, 4.69) is 30.1 Å². The zero-order valence-electron chi connectivity index (χ0n) is 12.4. The monoisotopic (exact) mass is 270 g/mol. The van der Waals surface area contributed by atoms with Crippen molar-refractivity contribution in [2.75, 3.05) is 5.73 Å². The summed E-state index contributed by atoms with van der Waals surface area (Å²) in [4.78, 5) is 4.03. The third-order valence-electron chi connectivity index (χ3n) is 3.42. The summed E-state index contributed by atoms with van der Waals surface area (Å²) in [6, 6.07) is 10.3. The number of nitrogens with zero attached hydrogens (tertiary/aromatic N) is 1. The summed E-state index contributed by atoms with van der Waals surface area (Å²) >= 11 is 0. The first-order valence-electron chi connectivity index (χ1n) is 6.89. The topological polar surface area (TPSA) is 59.1 Å². The van der Waals surface area contributed by atoms with E-state index in [0.717, 1.165) is 18.4 Å². The largest absolute Gasteiger partial charge is 0.390 e. The van der Waals surface area contributed by atoms with Gasteiger partial charge in [0.15, 0.2) is 0 Å². The molecular weight excluding hydrogens is 248 g/mol. The molecule has 1 heterocycles. The molecule has 0 aliphatic rings. The maximum absolute atomic E-state index is 9.83. The molecule has 0 spiro atoms. The van der Waals surface area contributed by atoms with E-state index < -0.39 is 5.60 Å². The number of aliphatic hydroxyl groups is 1. The molecule has 3 N–H and O–H groups in total. The minimum Gasteiger partial charge on any atom is -0.390 e. The maximum Gasteiger partial charge on any atom is 0.123 e. The van der Waals surface area contributed by atoms with E-state index in [1.807, 2.05) is 26.0 Å². The molecule has 106 valence electrons. The summed E-state index contributed by atoms with van der Waals surface area (Å²) in [7, 11) is 0. The fourth-order valence-electron chi connectivity index (χ4n) is 2.20. The molecule has 0 fully saturated rings. The Morgan fingerprint density at radius 2 is 1.95 bits per heavy atom. The van der Waals surface area contributed by atoms with Gasteiger partial charge in [0.1, 0.15) is 5.82 Å². The fourth-order valence-corrected chi connectivity index (χ4v) is 2.20. The van der Waals surface area contributed by atoms with Crippen molar-refractivity contribution >= 4 is 5.82 Å². The Labute approximate surface area is 120 Å². The van der Waals surface area contributed by atoms with Crippen molar-refractivity contribution in [2.24, 2.45) is 0 Å². The molecule has 0 unspecified atom stereocenters. The van der Waals surface area contributed by atoms with E-state index in [1.165, 1.54) is 16.7 Å². The Balaban J connectivity index is 2.30. The number of nitrogen functional groups attached to an aromatic ring is 1. The van der Waals surface area contributed by atoms with Crippen LogP contribution in [0.4, 0.5) is 5.82 Å². The number of aromatic nitrogens is 1. The van der Waals surface area contributed by atoms with Crippen LogP contribution >= 0.6 is 0 Å². The molecule has 0 aliphatic heterocycles. The summed E-state index contributed by atoms with van der Waals surface area (Å²) in [5.41, 5.74) is 9.82. The second-order valence-corrected chi connectivity index (χ2v) is 5.93. The Bertz CT molecular complexity index is 600. The van der Waals surface area contributed by atoms with Crippen LogP contribution in [-0.4, -0.2) is 15.7 Å². The highest BCUT2D eigenvalue weighted by Crippen LogP contribution is 2.26. The van der Waals surface area contributed by atoms with Gasteiger partial charge in [-0.25, -0.2) is 4.98 Å². The molecule has 3 nitrogen and oxygen atoms in total. The Morgan fingerprint density at radius 3 is 2.60 bits per heavy atom. The van der Waals surface area contributed by atoms with Crippen molar-refractivity contribution in [2.45, 2.75) is 39.2 Å². The van der Waals surface area contributed by atoms with E-state index in [-0.39, 0.29) is 0 Å². The van der Waals surface area contributed by atoms with Gasteiger partial charge in [-0.2, -0.15) is 0 Å². The van der Waals surface area contributed by atoms with Crippen LogP contribution < -0.4 is 5.73 Å². The molecule has 0 atom stereocenters. The van der Waals surface area contributed by atoms with Gasteiger partial charge in [-0.3, -0.25) is 0 Å². The van der Waals surface area contributed by atoms with Crippen LogP contribution in [0.2, 0.25) is 0 Å². The highest BCUT2D eigenvalue weighted by molar-refractivity contribution is 5.69. The molecular formula is C17H22N2O. The smallest absolute Gasteiger partial charge is 0.123 e. The van der Waals surface area contributed by atoms with Crippen LogP contribution in [0.15, 0.2) is 36.5 Å². The van der Waals surface area contributed by atoms with Crippen LogP contribution in [0.5, 0.6) is 0 Å². The van der Waals surface area contributed by atoms with Crippen molar-refractivity contribution in [3.63, 3.8) is 0 Å². The Kier molecular flexibility index (Phi) is 4.09. The van der Waals surface area contributed by atoms with Crippen LogP contribution in [0.3, 0.4) is 0 Å². The number of nitrogens with two attached hydrogens (primary N) is 1. The van der Waals surface area contributed by atoms with Gasteiger partial charge in [-0.1, -0.05) is 18.2 Å². The molecule has 1 aromatic carbocycles. The van der Waals surface area contributed by atoms with E-state index >= 15 is 0 Å². The lowest BCUT2D eigenvalue weighted by Crippen LogP contribution is -2.19. The van der Waals surface area contributed by atoms with Crippen molar-refractivity contribution in [3.8, 4) is 11.1 Å². The minimum atomic E-state index is -0.633. The Hall–Kier alpha value is -1.87. The molecule has 3 heteroatoms. The predicted octanol–water partition coefficient (Wildman–Crippen LogP) is 3.34. The van der Waals surface area contributed by atoms with E-state index in [1.54, 1.807) is 6.20 Å². The highest BCUT2D eigenvalue weighted by Gasteiger charge is 2.13. The summed E-state index contributed by atoms with van der Waals surface area (Å²) in [6.07, 6.45) is 3.33. The van der Waals surface area contributed by atoms with E-state index in [4.69, 9.17) is 5.73 Å².